The van der Waals surface area contributed by atoms with Crippen molar-refractivity contribution in [3.05, 3.63) is 66.2 Å². The lowest BCUT2D eigenvalue weighted by molar-refractivity contribution is 0.811. The molecule has 0 saturated carbocycles. The number of hydrogen-bond acceptors (Lipinski definition) is 3. The molecular formula is C17H17N3. The Morgan fingerprint density at radius 3 is 2.55 bits per heavy atom. The van der Waals surface area contributed by atoms with Crippen molar-refractivity contribution in [2.75, 3.05) is 5.32 Å². The quantitative estimate of drug-likeness (QED) is 0.772. The molecule has 0 spiro atoms. The van der Waals surface area contributed by atoms with E-state index in [9.17, 15) is 0 Å². The van der Waals surface area contributed by atoms with Gasteiger partial charge in [-0.1, -0.05) is 36.4 Å². The highest BCUT2D eigenvalue weighted by atomic mass is 15.0. The first kappa shape index (κ1) is 12.6. The minimum atomic E-state index is 0.120. The van der Waals surface area contributed by atoms with Gasteiger partial charge in [0.05, 0.1) is 17.4 Å². The lowest BCUT2D eigenvalue weighted by Gasteiger charge is -2.17. The molecule has 0 bridgehead atoms. The monoisotopic (exact) mass is 263 g/mol. The number of fused-ring (bicyclic) bond motifs is 1. The van der Waals surface area contributed by atoms with Crippen LogP contribution in [0.15, 0.2) is 54.9 Å². The average molecular weight is 263 g/mol. The van der Waals surface area contributed by atoms with Gasteiger partial charge in [-0.05, 0) is 25.3 Å². The van der Waals surface area contributed by atoms with Gasteiger partial charge >= 0.3 is 0 Å². The second-order valence-electron chi connectivity index (χ2n) is 4.92. The molecule has 3 rings (SSSR count). The molecule has 1 N–H and O–H groups in total. The zero-order valence-corrected chi connectivity index (χ0v) is 11.7. The highest BCUT2D eigenvalue weighted by Gasteiger charge is 2.11. The van der Waals surface area contributed by atoms with E-state index in [4.69, 9.17) is 0 Å². The van der Waals surface area contributed by atoms with Gasteiger partial charge in [-0.2, -0.15) is 0 Å². The highest BCUT2D eigenvalue weighted by molar-refractivity contribution is 5.93. The Balaban J connectivity index is 1.96. The SMILES string of the molecule is Cc1nccnc1C(C)Nc1cccc2ccccc12. The van der Waals surface area contributed by atoms with Crippen LogP contribution in [0.3, 0.4) is 0 Å². The van der Waals surface area contributed by atoms with E-state index < -0.39 is 0 Å². The molecule has 1 heterocycles. The van der Waals surface area contributed by atoms with Gasteiger partial charge in [-0.15, -0.1) is 0 Å². The fourth-order valence-corrected chi connectivity index (χ4v) is 2.50. The maximum absolute atomic E-state index is 4.43. The molecule has 0 amide bonds. The van der Waals surface area contributed by atoms with Crippen molar-refractivity contribution < 1.29 is 0 Å². The third-order valence-electron chi connectivity index (χ3n) is 3.49. The van der Waals surface area contributed by atoms with Crippen LogP contribution in [0.2, 0.25) is 0 Å². The van der Waals surface area contributed by atoms with Gasteiger partial charge in [-0.25, -0.2) is 0 Å². The van der Waals surface area contributed by atoms with Crippen molar-refractivity contribution in [3.63, 3.8) is 0 Å². The smallest absolute Gasteiger partial charge is 0.0835 e. The summed E-state index contributed by atoms with van der Waals surface area (Å²) in [5, 5.41) is 6.00. The van der Waals surface area contributed by atoms with Crippen LogP contribution < -0.4 is 5.32 Å². The number of anilines is 1. The molecule has 3 nitrogen and oxygen atoms in total. The van der Waals surface area contributed by atoms with Crippen molar-refractivity contribution in [3.8, 4) is 0 Å². The van der Waals surface area contributed by atoms with E-state index in [1.54, 1.807) is 12.4 Å². The fraction of sp³-hybridized carbons (Fsp3) is 0.176. The molecule has 0 aliphatic carbocycles. The normalized spacial score (nSPS) is 12.3. The van der Waals surface area contributed by atoms with Crippen LogP contribution in [0.4, 0.5) is 5.69 Å². The largest absolute Gasteiger partial charge is 0.376 e. The average Bonchev–Trinajstić information content (AvgIpc) is 2.48. The van der Waals surface area contributed by atoms with Crippen molar-refractivity contribution in [2.45, 2.75) is 19.9 Å². The Morgan fingerprint density at radius 1 is 0.950 bits per heavy atom. The van der Waals surface area contributed by atoms with Gasteiger partial charge in [0, 0.05) is 23.5 Å². The first-order valence-corrected chi connectivity index (χ1v) is 6.77. The Hall–Kier alpha value is -2.42. The molecule has 3 heteroatoms. The maximum atomic E-state index is 4.43. The van der Waals surface area contributed by atoms with Crippen molar-refractivity contribution in [2.24, 2.45) is 0 Å². The Morgan fingerprint density at radius 2 is 1.70 bits per heavy atom. The van der Waals surface area contributed by atoms with E-state index in [1.165, 1.54) is 10.8 Å². The number of hydrogen-bond donors (Lipinski definition) is 1. The van der Waals surface area contributed by atoms with Crippen LogP contribution in [0, 0.1) is 6.92 Å². The van der Waals surface area contributed by atoms with E-state index in [2.05, 4.69) is 64.7 Å². The third-order valence-corrected chi connectivity index (χ3v) is 3.49. The molecule has 0 radical (unpaired) electrons. The number of aryl methyl sites for hydroxylation is 1. The molecule has 2 aromatic carbocycles. The van der Waals surface area contributed by atoms with Crippen LogP contribution in [-0.4, -0.2) is 9.97 Å². The van der Waals surface area contributed by atoms with Crippen molar-refractivity contribution in [1.29, 1.82) is 0 Å². The van der Waals surface area contributed by atoms with Crippen molar-refractivity contribution >= 4 is 16.5 Å². The number of nitrogens with one attached hydrogen (secondary N) is 1. The van der Waals surface area contributed by atoms with E-state index in [0.29, 0.717) is 0 Å². The molecule has 0 saturated heterocycles. The molecule has 1 aromatic heterocycles. The summed E-state index contributed by atoms with van der Waals surface area (Å²) in [5.41, 5.74) is 3.08. The summed E-state index contributed by atoms with van der Waals surface area (Å²) < 4.78 is 0. The van der Waals surface area contributed by atoms with Crippen LogP contribution in [0.5, 0.6) is 0 Å². The number of nitrogens with zero attached hydrogens (tertiary/aromatic N) is 2. The topological polar surface area (TPSA) is 37.8 Å². The minimum absolute atomic E-state index is 0.120. The summed E-state index contributed by atoms with van der Waals surface area (Å²) in [4.78, 5) is 8.73. The lowest BCUT2D eigenvalue weighted by Crippen LogP contribution is -2.11. The second-order valence-corrected chi connectivity index (χ2v) is 4.92. The summed E-state index contributed by atoms with van der Waals surface area (Å²) in [7, 11) is 0. The zero-order valence-electron chi connectivity index (χ0n) is 11.7. The molecule has 1 atom stereocenters. The highest BCUT2D eigenvalue weighted by Crippen LogP contribution is 2.26. The molecule has 1 unspecified atom stereocenters. The molecule has 0 fully saturated rings. The van der Waals surface area contributed by atoms with E-state index in [0.717, 1.165) is 17.1 Å². The molecule has 3 aromatic rings. The predicted octanol–water partition coefficient (Wildman–Crippen LogP) is 4.11. The number of benzene rings is 2. The third kappa shape index (κ3) is 2.35. The van der Waals surface area contributed by atoms with Crippen molar-refractivity contribution in [1.82, 2.24) is 9.97 Å². The van der Waals surface area contributed by atoms with Gasteiger partial charge in [0.1, 0.15) is 0 Å². The van der Waals surface area contributed by atoms with Crippen LogP contribution >= 0.6 is 0 Å². The van der Waals surface area contributed by atoms with Crippen LogP contribution in [0.25, 0.3) is 10.8 Å². The fourth-order valence-electron chi connectivity index (χ4n) is 2.50. The summed E-state index contributed by atoms with van der Waals surface area (Å²) in [5.74, 6) is 0. The first-order valence-electron chi connectivity index (χ1n) is 6.77. The Labute approximate surface area is 118 Å². The second kappa shape index (κ2) is 5.29. The minimum Gasteiger partial charge on any atom is -0.376 e. The Kier molecular flexibility index (Phi) is 3.33. The van der Waals surface area contributed by atoms with Crippen LogP contribution in [0.1, 0.15) is 24.4 Å². The van der Waals surface area contributed by atoms with Crippen LogP contribution in [-0.2, 0) is 0 Å². The lowest BCUT2D eigenvalue weighted by atomic mass is 10.1. The molecular weight excluding hydrogens is 246 g/mol. The van der Waals surface area contributed by atoms with E-state index >= 15 is 0 Å². The number of rotatable bonds is 3. The zero-order chi connectivity index (χ0) is 13.9. The molecule has 0 aliphatic heterocycles. The standard InChI is InChI=1S/C17H17N3/c1-12-17(19-11-10-18-12)13(2)20-16-9-5-7-14-6-3-4-8-15(14)16/h3-11,13,20H,1-2H3. The summed E-state index contributed by atoms with van der Waals surface area (Å²) >= 11 is 0. The predicted molar refractivity (Wildman–Crippen MR) is 82.8 cm³/mol. The Bertz CT molecular complexity index is 732. The van der Waals surface area contributed by atoms with Gasteiger partial charge in [0.2, 0.25) is 0 Å². The van der Waals surface area contributed by atoms with E-state index in [1.807, 2.05) is 6.92 Å². The van der Waals surface area contributed by atoms with Gasteiger partial charge in [0.25, 0.3) is 0 Å². The van der Waals surface area contributed by atoms with Gasteiger partial charge in [-0.3, -0.25) is 9.97 Å². The molecule has 100 valence electrons. The number of aromatic nitrogens is 2. The maximum Gasteiger partial charge on any atom is 0.0835 e. The first-order chi connectivity index (χ1) is 9.75. The molecule has 0 aliphatic rings. The summed E-state index contributed by atoms with van der Waals surface area (Å²) in [6, 6.07) is 14.8. The van der Waals surface area contributed by atoms with E-state index in [-0.39, 0.29) is 6.04 Å². The van der Waals surface area contributed by atoms with Gasteiger partial charge in [0.15, 0.2) is 0 Å². The molecule has 20 heavy (non-hydrogen) atoms. The summed E-state index contributed by atoms with van der Waals surface area (Å²) in [6.07, 6.45) is 3.47. The van der Waals surface area contributed by atoms with Gasteiger partial charge < -0.3 is 5.32 Å². The summed E-state index contributed by atoms with van der Waals surface area (Å²) in [6.45, 7) is 4.10.